The van der Waals surface area contributed by atoms with Crippen LogP contribution in [0.1, 0.15) is 43.1 Å². The van der Waals surface area contributed by atoms with Crippen LogP contribution in [0.15, 0.2) is 18.2 Å². The molecule has 8 heteroatoms. The second-order valence-electron chi connectivity index (χ2n) is 6.10. The lowest BCUT2D eigenvalue weighted by atomic mass is 10.0. The summed E-state index contributed by atoms with van der Waals surface area (Å²) in [5, 5.41) is 15.3. The van der Waals surface area contributed by atoms with Gasteiger partial charge in [-0.3, -0.25) is 4.90 Å². The summed E-state index contributed by atoms with van der Waals surface area (Å²) in [6.45, 7) is 7.90. The van der Waals surface area contributed by atoms with Crippen LogP contribution in [0.2, 0.25) is 0 Å². The summed E-state index contributed by atoms with van der Waals surface area (Å²) in [5.74, 6) is 2.22. The van der Waals surface area contributed by atoms with Gasteiger partial charge in [-0.1, -0.05) is 38.2 Å². The third kappa shape index (κ3) is 3.46. The molecule has 146 valence electrons. The second kappa shape index (κ2) is 8.14. The molecule has 1 aromatic carbocycles. The third-order valence-corrected chi connectivity index (χ3v) is 5.78. The molecule has 1 N–H and O–H groups in total. The Morgan fingerprint density at radius 3 is 2.41 bits per heavy atom. The average Bonchev–Trinajstić information content (AvgIpc) is 3.24. The van der Waals surface area contributed by atoms with E-state index in [9.17, 15) is 5.11 Å². The van der Waals surface area contributed by atoms with E-state index in [1.165, 1.54) is 15.9 Å². The topological polar surface area (TPSA) is 72.1 Å². The molecule has 0 aliphatic heterocycles. The van der Waals surface area contributed by atoms with Gasteiger partial charge in [-0.15, -0.1) is 5.10 Å². The van der Waals surface area contributed by atoms with Crippen molar-refractivity contribution < 1.29 is 14.6 Å². The van der Waals surface area contributed by atoms with Crippen molar-refractivity contribution in [2.45, 2.75) is 33.2 Å². The summed E-state index contributed by atoms with van der Waals surface area (Å²) in [6, 6.07) is 5.75. The van der Waals surface area contributed by atoms with Crippen LogP contribution in [0.3, 0.4) is 0 Å². The number of aromatic nitrogens is 3. The van der Waals surface area contributed by atoms with Gasteiger partial charge in [-0.25, -0.2) is 4.98 Å². The lowest BCUT2D eigenvalue weighted by molar-refractivity contribution is 0.247. The fourth-order valence-corrected chi connectivity index (χ4v) is 4.39. The fraction of sp³-hybridized carbons (Fsp3) is 0.474. The molecule has 0 aliphatic rings. The van der Waals surface area contributed by atoms with Gasteiger partial charge in [-0.2, -0.15) is 4.52 Å². The van der Waals surface area contributed by atoms with E-state index in [1.54, 1.807) is 14.2 Å². The van der Waals surface area contributed by atoms with Gasteiger partial charge in [0.2, 0.25) is 10.8 Å². The maximum absolute atomic E-state index is 10.9. The van der Waals surface area contributed by atoms with Gasteiger partial charge in [0.05, 0.1) is 25.1 Å². The molecule has 1 unspecified atom stereocenters. The highest BCUT2D eigenvalue weighted by molar-refractivity contribution is 7.17. The first kappa shape index (κ1) is 19.4. The van der Waals surface area contributed by atoms with Crippen molar-refractivity contribution in [1.29, 1.82) is 0 Å². The minimum Gasteiger partial charge on any atom is -0.493 e. The molecule has 0 saturated heterocycles. The molecule has 2 aromatic heterocycles. The van der Waals surface area contributed by atoms with Crippen molar-refractivity contribution in [2.24, 2.45) is 0 Å². The van der Waals surface area contributed by atoms with Crippen LogP contribution in [0.25, 0.3) is 4.96 Å². The number of hydrogen-bond donors (Lipinski definition) is 1. The van der Waals surface area contributed by atoms with E-state index < -0.39 is 0 Å². The van der Waals surface area contributed by atoms with Crippen LogP contribution in [-0.4, -0.2) is 51.9 Å². The van der Waals surface area contributed by atoms with E-state index in [2.05, 4.69) is 28.8 Å². The van der Waals surface area contributed by atoms with Gasteiger partial charge in [-0.05, 0) is 30.8 Å². The highest BCUT2D eigenvalue weighted by Crippen LogP contribution is 2.41. The lowest BCUT2D eigenvalue weighted by Crippen LogP contribution is -2.29. The van der Waals surface area contributed by atoms with Crippen molar-refractivity contribution in [2.75, 3.05) is 27.3 Å². The zero-order valence-corrected chi connectivity index (χ0v) is 17.2. The van der Waals surface area contributed by atoms with Crippen LogP contribution in [0, 0.1) is 0 Å². The van der Waals surface area contributed by atoms with Crippen LogP contribution in [-0.2, 0) is 6.42 Å². The first-order chi connectivity index (χ1) is 13.1. The molecular weight excluding hydrogens is 364 g/mol. The molecular formula is C19H26N4O3S. The lowest BCUT2D eigenvalue weighted by Gasteiger charge is -2.29. The number of nitrogens with zero attached hydrogens (tertiary/aromatic N) is 4. The van der Waals surface area contributed by atoms with Crippen molar-refractivity contribution in [3.8, 4) is 17.4 Å². The van der Waals surface area contributed by atoms with E-state index >= 15 is 0 Å². The maximum Gasteiger partial charge on any atom is 0.230 e. The Labute approximate surface area is 163 Å². The molecule has 0 radical (unpaired) electrons. The summed E-state index contributed by atoms with van der Waals surface area (Å²) >= 11 is 1.47. The molecule has 3 aromatic rings. The van der Waals surface area contributed by atoms with Crippen molar-refractivity contribution >= 4 is 16.3 Å². The van der Waals surface area contributed by atoms with E-state index in [1.807, 2.05) is 25.1 Å². The number of thiazole rings is 1. The van der Waals surface area contributed by atoms with Gasteiger partial charge in [0.1, 0.15) is 0 Å². The van der Waals surface area contributed by atoms with Crippen LogP contribution < -0.4 is 9.47 Å². The van der Waals surface area contributed by atoms with Crippen LogP contribution in [0.4, 0.5) is 0 Å². The fourth-order valence-electron chi connectivity index (χ4n) is 3.26. The zero-order chi connectivity index (χ0) is 19.6. The predicted octanol–water partition coefficient (Wildman–Crippen LogP) is 3.51. The van der Waals surface area contributed by atoms with Gasteiger partial charge in [0.15, 0.2) is 17.3 Å². The SMILES string of the molecule is CCc1nc2sc(C(c3ccc(OC)c(OC)c3)N(CC)CC)c(O)n2n1. The first-order valence-electron chi connectivity index (χ1n) is 9.11. The van der Waals surface area contributed by atoms with Crippen molar-refractivity contribution in [3.05, 3.63) is 34.5 Å². The Morgan fingerprint density at radius 1 is 1.15 bits per heavy atom. The van der Waals surface area contributed by atoms with E-state index in [0.29, 0.717) is 16.5 Å². The summed E-state index contributed by atoms with van der Waals surface area (Å²) in [5.41, 5.74) is 1.02. The smallest absolute Gasteiger partial charge is 0.230 e. The minimum atomic E-state index is -0.126. The number of rotatable bonds is 8. The summed E-state index contributed by atoms with van der Waals surface area (Å²) in [7, 11) is 3.25. The van der Waals surface area contributed by atoms with Crippen LogP contribution in [0.5, 0.6) is 17.4 Å². The number of aryl methyl sites for hydroxylation is 1. The summed E-state index contributed by atoms with van der Waals surface area (Å²) < 4.78 is 12.4. The van der Waals surface area contributed by atoms with E-state index in [-0.39, 0.29) is 11.9 Å². The highest BCUT2D eigenvalue weighted by atomic mass is 32.1. The zero-order valence-electron chi connectivity index (χ0n) is 16.4. The van der Waals surface area contributed by atoms with Gasteiger partial charge in [0.25, 0.3) is 0 Å². The quantitative estimate of drug-likeness (QED) is 0.635. The second-order valence-corrected chi connectivity index (χ2v) is 7.11. The number of methoxy groups -OCH3 is 2. The molecule has 1 atom stereocenters. The Bertz CT molecular complexity index is 917. The molecule has 3 rings (SSSR count). The highest BCUT2D eigenvalue weighted by Gasteiger charge is 2.29. The van der Waals surface area contributed by atoms with Gasteiger partial charge < -0.3 is 14.6 Å². The molecule has 0 bridgehead atoms. The number of hydrogen-bond acceptors (Lipinski definition) is 7. The standard InChI is InChI=1S/C19H26N4O3S/c1-6-15-20-19-23(21-15)18(24)17(27-19)16(22(7-2)8-3)12-9-10-13(25-4)14(11-12)26-5/h9-11,16,24H,6-8H2,1-5H3. The van der Waals surface area contributed by atoms with Crippen molar-refractivity contribution in [1.82, 2.24) is 19.5 Å². The average molecular weight is 391 g/mol. The Morgan fingerprint density at radius 2 is 1.85 bits per heavy atom. The monoisotopic (exact) mass is 390 g/mol. The molecule has 0 spiro atoms. The summed E-state index contributed by atoms with van der Waals surface area (Å²) in [4.78, 5) is 8.32. The number of ether oxygens (including phenoxy) is 2. The molecule has 0 amide bonds. The molecule has 2 heterocycles. The number of aromatic hydroxyl groups is 1. The van der Waals surface area contributed by atoms with Gasteiger partial charge in [0, 0.05) is 6.42 Å². The number of benzene rings is 1. The largest absolute Gasteiger partial charge is 0.493 e. The maximum atomic E-state index is 10.9. The molecule has 0 saturated carbocycles. The van der Waals surface area contributed by atoms with E-state index in [4.69, 9.17) is 9.47 Å². The predicted molar refractivity (Wildman–Crippen MR) is 106 cm³/mol. The summed E-state index contributed by atoms with van der Waals surface area (Å²) in [6.07, 6.45) is 0.734. The van der Waals surface area contributed by atoms with Crippen LogP contribution >= 0.6 is 11.3 Å². The molecule has 27 heavy (non-hydrogen) atoms. The number of fused-ring (bicyclic) bond motifs is 1. The Hall–Kier alpha value is -2.32. The molecule has 0 fully saturated rings. The Kier molecular flexibility index (Phi) is 5.86. The van der Waals surface area contributed by atoms with Crippen molar-refractivity contribution in [3.63, 3.8) is 0 Å². The molecule has 0 aliphatic carbocycles. The van der Waals surface area contributed by atoms with Gasteiger partial charge >= 0.3 is 0 Å². The third-order valence-electron chi connectivity index (χ3n) is 4.71. The first-order valence-corrected chi connectivity index (χ1v) is 9.92. The van der Waals surface area contributed by atoms with E-state index in [0.717, 1.165) is 35.8 Å². The minimum absolute atomic E-state index is 0.126. The normalized spacial score (nSPS) is 12.7. The Balaban J connectivity index is 2.15. The molecule has 7 nitrogen and oxygen atoms in total.